The average Bonchev–Trinajstić information content (AvgIpc) is 3.26. The Balaban J connectivity index is 0.00000264. The van der Waals surface area contributed by atoms with E-state index in [1.54, 1.807) is 0 Å². The molecule has 1 amide bonds. The molecule has 0 aromatic rings. The van der Waals surface area contributed by atoms with E-state index in [1.807, 2.05) is 32.7 Å². The van der Waals surface area contributed by atoms with Crippen LogP contribution in [0.15, 0.2) is 4.99 Å². The fourth-order valence-corrected chi connectivity index (χ4v) is 2.50. The zero-order valence-corrected chi connectivity index (χ0v) is 17.1. The van der Waals surface area contributed by atoms with Gasteiger partial charge in [0, 0.05) is 32.7 Å². The molecule has 23 heavy (non-hydrogen) atoms. The predicted octanol–water partition coefficient (Wildman–Crippen LogP) is 2.58. The molecule has 2 fully saturated rings. The topological polar surface area (TPSA) is 66.0 Å². The number of nitrogens with one attached hydrogen (secondary N) is 2. The van der Waals surface area contributed by atoms with E-state index >= 15 is 0 Å². The van der Waals surface area contributed by atoms with Gasteiger partial charge in [0.1, 0.15) is 5.60 Å². The molecule has 0 radical (unpaired) electrons. The first-order valence-corrected chi connectivity index (χ1v) is 8.32. The number of guanidine groups is 1. The fraction of sp³-hybridized carbons (Fsp3) is 0.875. The lowest BCUT2D eigenvalue weighted by Crippen LogP contribution is -2.45. The Morgan fingerprint density at radius 3 is 2.30 bits per heavy atom. The Morgan fingerprint density at radius 1 is 1.22 bits per heavy atom. The molecular formula is C16H31IN4O2. The number of piperidine rings is 1. The maximum atomic E-state index is 12.0. The second-order valence-electron chi connectivity index (χ2n) is 7.28. The molecule has 7 heteroatoms. The first-order chi connectivity index (χ1) is 10.4. The van der Waals surface area contributed by atoms with Crippen molar-refractivity contribution in [2.24, 2.45) is 10.9 Å². The highest BCUT2D eigenvalue weighted by Crippen LogP contribution is 2.20. The molecule has 2 N–H and O–H groups in total. The van der Waals surface area contributed by atoms with Crippen molar-refractivity contribution in [3.63, 3.8) is 0 Å². The van der Waals surface area contributed by atoms with Crippen LogP contribution >= 0.6 is 24.0 Å². The summed E-state index contributed by atoms with van der Waals surface area (Å²) in [6.45, 7) is 8.17. The van der Waals surface area contributed by atoms with Crippen LogP contribution in [0.3, 0.4) is 0 Å². The summed E-state index contributed by atoms with van der Waals surface area (Å²) in [7, 11) is 1.81. The summed E-state index contributed by atoms with van der Waals surface area (Å²) in [6.07, 6.45) is 4.31. The van der Waals surface area contributed by atoms with Crippen molar-refractivity contribution < 1.29 is 9.53 Å². The highest BCUT2D eigenvalue weighted by Gasteiger charge is 2.27. The summed E-state index contributed by atoms with van der Waals surface area (Å²) < 4.78 is 5.42. The molecule has 134 valence electrons. The number of ether oxygens (including phenoxy) is 1. The van der Waals surface area contributed by atoms with Gasteiger partial charge in [-0.15, -0.1) is 24.0 Å². The van der Waals surface area contributed by atoms with Gasteiger partial charge >= 0.3 is 6.09 Å². The molecule has 1 saturated carbocycles. The number of likely N-dealkylation sites (tertiary alicyclic amines) is 1. The van der Waals surface area contributed by atoms with Gasteiger partial charge in [-0.25, -0.2) is 4.79 Å². The third-order valence-electron chi connectivity index (χ3n) is 3.97. The highest BCUT2D eigenvalue weighted by molar-refractivity contribution is 14.0. The van der Waals surface area contributed by atoms with E-state index in [0.717, 1.165) is 38.4 Å². The SMILES string of the molecule is CN=C(NCC1CCN(C(=O)OC(C)(C)C)CC1)NC1CC1.I. The molecule has 1 aliphatic carbocycles. The minimum absolute atomic E-state index is 0. The second-order valence-corrected chi connectivity index (χ2v) is 7.28. The van der Waals surface area contributed by atoms with Gasteiger partial charge in [0.15, 0.2) is 5.96 Å². The van der Waals surface area contributed by atoms with Crippen LogP contribution in [0.2, 0.25) is 0 Å². The summed E-state index contributed by atoms with van der Waals surface area (Å²) >= 11 is 0. The van der Waals surface area contributed by atoms with E-state index in [9.17, 15) is 4.79 Å². The molecular weight excluding hydrogens is 407 g/mol. The Morgan fingerprint density at radius 2 is 1.83 bits per heavy atom. The smallest absolute Gasteiger partial charge is 0.410 e. The van der Waals surface area contributed by atoms with E-state index in [4.69, 9.17) is 4.74 Å². The number of halogens is 1. The van der Waals surface area contributed by atoms with Crippen molar-refractivity contribution in [1.29, 1.82) is 0 Å². The van der Waals surface area contributed by atoms with Gasteiger partial charge in [-0.05, 0) is 52.4 Å². The maximum Gasteiger partial charge on any atom is 0.410 e. The molecule has 2 aliphatic rings. The molecule has 1 aliphatic heterocycles. The van der Waals surface area contributed by atoms with E-state index in [2.05, 4.69) is 15.6 Å². The van der Waals surface area contributed by atoms with Crippen LogP contribution in [0.4, 0.5) is 4.79 Å². The largest absolute Gasteiger partial charge is 0.444 e. The molecule has 0 aromatic carbocycles. The molecule has 6 nitrogen and oxygen atoms in total. The number of carbonyl (C=O) groups excluding carboxylic acids is 1. The average molecular weight is 438 g/mol. The number of hydrogen-bond acceptors (Lipinski definition) is 3. The quantitative estimate of drug-likeness (QED) is 0.404. The normalized spacial score (nSPS) is 19.8. The van der Waals surface area contributed by atoms with Crippen LogP contribution in [0.25, 0.3) is 0 Å². The summed E-state index contributed by atoms with van der Waals surface area (Å²) in [4.78, 5) is 18.1. The Hall–Kier alpha value is -0.730. The van der Waals surface area contributed by atoms with Gasteiger partial charge < -0.3 is 20.3 Å². The maximum absolute atomic E-state index is 12.0. The number of rotatable bonds is 3. The van der Waals surface area contributed by atoms with Crippen molar-refractivity contribution in [2.75, 3.05) is 26.7 Å². The van der Waals surface area contributed by atoms with Crippen LogP contribution in [-0.2, 0) is 4.74 Å². The lowest BCUT2D eigenvalue weighted by atomic mass is 9.97. The summed E-state index contributed by atoms with van der Waals surface area (Å²) in [5.74, 6) is 1.48. The fourth-order valence-electron chi connectivity index (χ4n) is 2.50. The van der Waals surface area contributed by atoms with Crippen molar-refractivity contribution in [2.45, 2.75) is 58.1 Å². The van der Waals surface area contributed by atoms with E-state index in [0.29, 0.717) is 12.0 Å². The standard InChI is InChI=1S/C16H30N4O2.HI/c1-16(2,3)22-15(21)20-9-7-12(8-10-20)11-18-14(17-4)19-13-5-6-13;/h12-13H,5-11H2,1-4H3,(H2,17,18,19);1H. The number of aliphatic imine (C=N–C) groups is 1. The predicted molar refractivity (Wildman–Crippen MR) is 103 cm³/mol. The molecule has 2 rings (SSSR count). The first kappa shape index (κ1) is 20.3. The number of amides is 1. The van der Waals surface area contributed by atoms with Crippen molar-refractivity contribution in [3.8, 4) is 0 Å². The van der Waals surface area contributed by atoms with Gasteiger partial charge in [0.25, 0.3) is 0 Å². The molecule has 0 atom stereocenters. The zero-order valence-electron chi connectivity index (χ0n) is 14.7. The number of nitrogens with zero attached hydrogens (tertiary/aromatic N) is 2. The molecule has 1 saturated heterocycles. The Kier molecular flexibility index (Phi) is 7.89. The second kappa shape index (κ2) is 8.94. The van der Waals surface area contributed by atoms with Gasteiger partial charge in [0.05, 0.1) is 0 Å². The monoisotopic (exact) mass is 438 g/mol. The van der Waals surface area contributed by atoms with Gasteiger partial charge in [-0.1, -0.05) is 0 Å². The van der Waals surface area contributed by atoms with Crippen LogP contribution in [0.1, 0.15) is 46.5 Å². The minimum Gasteiger partial charge on any atom is -0.444 e. The Labute approximate surface area is 156 Å². The van der Waals surface area contributed by atoms with Crippen LogP contribution in [0.5, 0.6) is 0 Å². The lowest BCUT2D eigenvalue weighted by Gasteiger charge is -2.33. The lowest BCUT2D eigenvalue weighted by molar-refractivity contribution is 0.0185. The molecule has 0 spiro atoms. The van der Waals surface area contributed by atoms with Gasteiger partial charge in [-0.2, -0.15) is 0 Å². The van der Waals surface area contributed by atoms with E-state index in [-0.39, 0.29) is 30.1 Å². The molecule has 0 unspecified atom stereocenters. The van der Waals surface area contributed by atoms with Gasteiger partial charge in [0.2, 0.25) is 0 Å². The van der Waals surface area contributed by atoms with Crippen molar-refractivity contribution in [1.82, 2.24) is 15.5 Å². The third-order valence-corrected chi connectivity index (χ3v) is 3.97. The summed E-state index contributed by atoms with van der Waals surface area (Å²) in [5.41, 5.74) is -0.420. The highest BCUT2D eigenvalue weighted by atomic mass is 127. The summed E-state index contributed by atoms with van der Waals surface area (Å²) in [5, 5.41) is 6.78. The summed E-state index contributed by atoms with van der Waals surface area (Å²) in [6, 6.07) is 0.611. The molecule has 1 heterocycles. The molecule has 0 bridgehead atoms. The van der Waals surface area contributed by atoms with Crippen molar-refractivity contribution in [3.05, 3.63) is 0 Å². The van der Waals surface area contributed by atoms with Gasteiger partial charge in [-0.3, -0.25) is 4.99 Å². The molecule has 0 aromatic heterocycles. The van der Waals surface area contributed by atoms with Crippen LogP contribution in [-0.4, -0.2) is 55.3 Å². The minimum atomic E-state index is -0.420. The van der Waals surface area contributed by atoms with Crippen LogP contribution in [0, 0.1) is 5.92 Å². The number of carbonyl (C=O) groups is 1. The van der Waals surface area contributed by atoms with E-state index < -0.39 is 5.60 Å². The Bertz CT molecular complexity index is 411. The zero-order chi connectivity index (χ0) is 16.2. The first-order valence-electron chi connectivity index (χ1n) is 8.32. The van der Waals surface area contributed by atoms with Crippen LogP contribution < -0.4 is 10.6 Å². The third kappa shape index (κ3) is 7.58. The van der Waals surface area contributed by atoms with Crippen molar-refractivity contribution >= 4 is 36.0 Å². The van der Waals surface area contributed by atoms with E-state index in [1.165, 1.54) is 12.8 Å². The number of hydrogen-bond donors (Lipinski definition) is 2.